The number of fused-ring (bicyclic) bond motifs is 3. The van der Waals surface area contributed by atoms with Gasteiger partial charge in [0, 0.05) is 18.3 Å². The number of pyridine rings is 1. The van der Waals surface area contributed by atoms with Crippen LogP contribution in [0.15, 0.2) is 59.2 Å². The Kier molecular flexibility index (Phi) is 4.41. The molecule has 0 saturated heterocycles. The predicted molar refractivity (Wildman–Crippen MR) is 99.9 cm³/mol. The van der Waals surface area contributed by atoms with Crippen molar-refractivity contribution < 1.29 is 22.0 Å². The topological polar surface area (TPSA) is 24.9 Å². The van der Waals surface area contributed by atoms with Crippen molar-refractivity contribution in [3.8, 4) is 11.1 Å². The van der Waals surface area contributed by atoms with Crippen molar-refractivity contribution in [1.29, 1.82) is 0 Å². The van der Waals surface area contributed by atoms with Crippen molar-refractivity contribution in [2.45, 2.75) is 18.5 Å². The number of hydrogen-bond acceptors (Lipinski definition) is 2. The fourth-order valence-corrected chi connectivity index (χ4v) is 3.72. The van der Waals surface area contributed by atoms with E-state index < -0.39 is 17.7 Å². The van der Waals surface area contributed by atoms with Gasteiger partial charge in [0.2, 0.25) is 0 Å². The third kappa shape index (κ3) is 3.05. The van der Waals surface area contributed by atoms with Gasteiger partial charge < -0.3 is 5.32 Å². The minimum absolute atomic E-state index is 0.0158. The van der Waals surface area contributed by atoms with E-state index in [0.29, 0.717) is 12.6 Å². The maximum absolute atomic E-state index is 13.5. The lowest BCUT2D eigenvalue weighted by Crippen LogP contribution is -2.33. The number of benzene rings is 2. The number of alkyl halides is 5. The summed E-state index contributed by atoms with van der Waals surface area (Å²) in [7, 11) is 0. The summed E-state index contributed by atoms with van der Waals surface area (Å²) in [5, 5.41) is 3.04. The molecule has 0 amide bonds. The van der Waals surface area contributed by atoms with Gasteiger partial charge in [-0.2, -0.15) is 22.0 Å². The third-order valence-electron chi connectivity index (χ3n) is 4.66. The highest BCUT2D eigenvalue weighted by molar-refractivity contribution is 9.10. The van der Waals surface area contributed by atoms with Crippen LogP contribution in [-0.2, 0) is 12.3 Å². The van der Waals surface area contributed by atoms with Crippen molar-refractivity contribution >= 4 is 27.4 Å². The lowest BCUT2D eigenvalue weighted by Gasteiger charge is -2.20. The first-order valence-electron chi connectivity index (χ1n) is 8.26. The molecule has 28 heavy (non-hydrogen) atoms. The van der Waals surface area contributed by atoms with Crippen molar-refractivity contribution in [2.24, 2.45) is 0 Å². The summed E-state index contributed by atoms with van der Waals surface area (Å²) in [5.41, 5.74) is 3.85. The second kappa shape index (κ2) is 6.55. The maximum atomic E-state index is 13.5. The molecule has 0 fully saturated rings. The van der Waals surface area contributed by atoms with E-state index >= 15 is 0 Å². The second-order valence-electron chi connectivity index (χ2n) is 6.42. The minimum Gasteiger partial charge on any atom is -0.339 e. The smallest absolute Gasteiger partial charge is 0.339 e. The molecule has 1 aromatic heterocycles. The van der Waals surface area contributed by atoms with Gasteiger partial charge in [-0.15, -0.1) is 0 Å². The first kappa shape index (κ1) is 18.9. The van der Waals surface area contributed by atoms with Gasteiger partial charge in [-0.05, 0) is 50.3 Å². The molecule has 4 rings (SSSR count). The molecule has 3 aromatic rings. The van der Waals surface area contributed by atoms with Crippen molar-refractivity contribution in [2.75, 3.05) is 5.32 Å². The Labute approximate surface area is 165 Å². The Balaban J connectivity index is 1.67. The molecule has 1 aliphatic carbocycles. The maximum Gasteiger partial charge on any atom is 0.458 e. The van der Waals surface area contributed by atoms with Crippen LogP contribution in [0.3, 0.4) is 0 Å². The number of hydrogen-bond donors (Lipinski definition) is 1. The van der Waals surface area contributed by atoms with Gasteiger partial charge in [0.15, 0.2) is 0 Å². The van der Waals surface area contributed by atoms with Crippen LogP contribution in [0.25, 0.3) is 11.1 Å². The summed E-state index contributed by atoms with van der Waals surface area (Å²) in [6, 6.07) is 14.3. The van der Waals surface area contributed by atoms with Crippen LogP contribution in [0, 0.1) is 0 Å². The zero-order valence-electron chi connectivity index (χ0n) is 14.1. The lowest BCUT2D eigenvalue weighted by atomic mass is 10.0. The van der Waals surface area contributed by atoms with Gasteiger partial charge in [0.1, 0.15) is 5.82 Å². The summed E-state index contributed by atoms with van der Waals surface area (Å²) < 4.78 is 64.8. The van der Waals surface area contributed by atoms with Crippen molar-refractivity contribution in [3.63, 3.8) is 0 Å². The highest BCUT2D eigenvalue weighted by Crippen LogP contribution is 2.45. The summed E-state index contributed by atoms with van der Waals surface area (Å²) in [4.78, 5) is 3.79. The van der Waals surface area contributed by atoms with E-state index in [2.05, 4.69) is 26.2 Å². The Morgan fingerprint density at radius 1 is 0.929 bits per heavy atom. The molecule has 0 unspecified atom stereocenters. The second-order valence-corrected chi connectivity index (χ2v) is 7.27. The number of anilines is 2. The number of halogens is 6. The van der Waals surface area contributed by atoms with Crippen LogP contribution in [-0.4, -0.2) is 11.2 Å². The van der Waals surface area contributed by atoms with Crippen molar-refractivity contribution in [3.05, 3.63) is 75.9 Å². The first-order valence-corrected chi connectivity index (χ1v) is 9.05. The van der Waals surface area contributed by atoms with E-state index in [9.17, 15) is 22.0 Å². The molecule has 2 nitrogen and oxygen atoms in total. The largest absolute Gasteiger partial charge is 0.458 e. The molecule has 0 saturated carbocycles. The zero-order chi connectivity index (χ0) is 20.1. The molecule has 1 N–H and O–H groups in total. The van der Waals surface area contributed by atoms with Gasteiger partial charge in [-0.1, -0.05) is 36.4 Å². The standard InChI is InChI=1S/C20H12BrF5N2/c21-16-9-12(19(22,23)20(24,25)26)10-27-18(16)28-17-7-3-6-14-13-5-2-1-4-11(13)8-15(14)17/h1-7,9-10H,8H2,(H,27,28). The molecule has 144 valence electrons. The fourth-order valence-electron chi connectivity index (χ4n) is 3.27. The van der Waals surface area contributed by atoms with Gasteiger partial charge >= 0.3 is 12.1 Å². The molecule has 2 aromatic carbocycles. The molecule has 8 heteroatoms. The van der Waals surface area contributed by atoms with Crippen molar-refractivity contribution in [1.82, 2.24) is 4.98 Å². The fraction of sp³-hybridized carbons (Fsp3) is 0.150. The van der Waals surface area contributed by atoms with E-state index in [0.717, 1.165) is 28.4 Å². The zero-order valence-corrected chi connectivity index (χ0v) is 15.7. The van der Waals surface area contributed by atoms with Crippen LogP contribution in [0.4, 0.5) is 33.5 Å². The molecule has 1 aliphatic rings. The third-order valence-corrected chi connectivity index (χ3v) is 5.27. The molecule has 0 radical (unpaired) electrons. The van der Waals surface area contributed by atoms with E-state index in [4.69, 9.17) is 0 Å². The highest BCUT2D eigenvalue weighted by atomic mass is 79.9. The van der Waals surface area contributed by atoms with Gasteiger partial charge in [-0.3, -0.25) is 0 Å². The Bertz CT molecular complexity index is 1060. The lowest BCUT2D eigenvalue weighted by molar-refractivity contribution is -0.289. The van der Waals surface area contributed by atoms with Crippen LogP contribution >= 0.6 is 15.9 Å². The quantitative estimate of drug-likeness (QED) is 0.343. The number of rotatable bonds is 3. The summed E-state index contributed by atoms with van der Waals surface area (Å²) >= 11 is 3.05. The summed E-state index contributed by atoms with van der Waals surface area (Å²) in [5.74, 6) is -4.82. The Hall–Kier alpha value is -2.48. The Morgan fingerprint density at radius 3 is 2.36 bits per heavy atom. The molecule has 0 spiro atoms. The molecular formula is C20H12BrF5N2. The molecule has 0 atom stereocenters. The average Bonchev–Trinajstić information content (AvgIpc) is 3.02. The number of nitrogens with one attached hydrogen (secondary N) is 1. The summed E-state index contributed by atoms with van der Waals surface area (Å²) in [6.07, 6.45) is -4.45. The predicted octanol–water partition coefficient (Wildman–Crippen LogP) is 6.81. The normalized spacial score (nSPS) is 13.2. The van der Waals surface area contributed by atoms with Crippen LogP contribution in [0.1, 0.15) is 16.7 Å². The molecule has 0 aliphatic heterocycles. The Morgan fingerprint density at radius 2 is 1.64 bits per heavy atom. The highest BCUT2D eigenvalue weighted by Gasteiger charge is 2.59. The van der Waals surface area contributed by atoms with Crippen LogP contribution in [0.2, 0.25) is 0 Å². The number of nitrogens with zero attached hydrogens (tertiary/aromatic N) is 1. The monoisotopic (exact) mass is 454 g/mol. The minimum atomic E-state index is -5.69. The van der Waals surface area contributed by atoms with Gasteiger partial charge in [0.05, 0.1) is 10.0 Å². The molecule has 0 bridgehead atoms. The van der Waals surface area contributed by atoms with E-state index in [-0.39, 0.29) is 10.3 Å². The SMILES string of the molecule is FC(F)(F)C(F)(F)c1cnc(Nc2cccc3c2Cc2ccccc2-3)c(Br)c1. The van der Waals surface area contributed by atoms with E-state index in [1.54, 1.807) is 0 Å². The average molecular weight is 455 g/mol. The van der Waals surface area contributed by atoms with Gasteiger partial charge in [0.25, 0.3) is 0 Å². The molecule has 1 heterocycles. The van der Waals surface area contributed by atoms with Crippen LogP contribution in [0.5, 0.6) is 0 Å². The first-order chi connectivity index (χ1) is 13.2. The molecular weight excluding hydrogens is 443 g/mol. The van der Waals surface area contributed by atoms with E-state index in [1.807, 2.05) is 42.5 Å². The van der Waals surface area contributed by atoms with Crippen LogP contribution < -0.4 is 5.32 Å². The number of aromatic nitrogens is 1. The van der Waals surface area contributed by atoms with E-state index in [1.165, 1.54) is 5.56 Å². The summed E-state index contributed by atoms with van der Waals surface area (Å²) in [6.45, 7) is 0. The van der Waals surface area contributed by atoms with Gasteiger partial charge in [-0.25, -0.2) is 4.98 Å².